The molecule has 0 unspecified atom stereocenters. The van der Waals surface area contributed by atoms with Crippen molar-refractivity contribution in [3.05, 3.63) is 21.9 Å². The molecule has 0 aliphatic rings. The molecule has 0 aromatic carbocycles. The van der Waals surface area contributed by atoms with Gasteiger partial charge >= 0.3 is 5.97 Å². The van der Waals surface area contributed by atoms with E-state index in [0.29, 0.717) is 4.88 Å². The van der Waals surface area contributed by atoms with Crippen molar-refractivity contribution in [2.24, 2.45) is 0 Å². The Morgan fingerprint density at radius 1 is 1.83 bits per heavy atom. The number of thiophene rings is 1. The molecule has 0 atom stereocenters. The Bertz CT molecular complexity index is 320. The van der Waals surface area contributed by atoms with E-state index < -0.39 is 0 Å². The van der Waals surface area contributed by atoms with E-state index in [4.69, 9.17) is 11.2 Å². The van der Waals surface area contributed by atoms with E-state index in [1.54, 1.807) is 0 Å². The average molecular weight is 180 g/mol. The molecule has 0 fully saturated rings. The van der Waals surface area contributed by atoms with Gasteiger partial charge in [0.1, 0.15) is 4.88 Å². The molecule has 62 valence electrons. The molecule has 1 heterocycles. The van der Waals surface area contributed by atoms with Crippen LogP contribution in [0.3, 0.4) is 0 Å². The molecule has 1 aromatic rings. The number of ether oxygens (including phenoxy) is 1. The molecular formula is C9H8O2S. The highest BCUT2D eigenvalue weighted by Crippen LogP contribution is 2.16. The first-order chi connectivity index (χ1) is 5.75. The Hall–Kier alpha value is -1.27. The van der Waals surface area contributed by atoms with Crippen LogP contribution in [0.1, 0.15) is 15.2 Å². The second-order valence-corrected chi connectivity index (χ2v) is 3.13. The van der Waals surface area contributed by atoms with Crippen LogP contribution in [0, 0.1) is 19.3 Å². The molecule has 2 nitrogen and oxygen atoms in total. The highest BCUT2D eigenvalue weighted by molar-refractivity contribution is 7.12. The first-order valence-electron chi connectivity index (χ1n) is 3.40. The lowest BCUT2D eigenvalue weighted by Crippen LogP contribution is -2.04. The number of carbonyl (C=O) groups is 1. The van der Waals surface area contributed by atoms with Crippen LogP contribution in [0.4, 0.5) is 0 Å². The first-order valence-corrected chi connectivity index (χ1v) is 4.28. The predicted octanol–water partition coefficient (Wildman–Crippen LogP) is 1.85. The molecule has 12 heavy (non-hydrogen) atoms. The Kier molecular flexibility index (Phi) is 2.89. The molecule has 0 N–H and O–H groups in total. The fourth-order valence-corrected chi connectivity index (χ4v) is 1.57. The topological polar surface area (TPSA) is 26.3 Å². The van der Waals surface area contributed by atoms with Gasteiger partial charge in [0.25, 0.3) is 0 Å². The van der Waals surface area contributed by atoms with Crippen molar-refractivity contribution < 1.29 is 9.53 Å². The summed E-state index contributed by atoms with van der Waals surface area (Å²) < 4.78 is 4.75. The summed E-state index contributed by atoms with van der Waals surface area (Å²) in [6, 6.07) is 1.87. The van der Waals surface area contributed by atoms with Gasteiger partial charge in [0, 0.05) is 0 Å². The van der Waals surface area contributed by atoms with Gasteiger partial charge in [0.15, 0.2) is 6.61 Å². The van der Waals surface area contributed by atoms with Crippen molar-refractivity contribution in [1.82, 2.24) is 0 Å². The predicted molar refractivity (Wildman–Crippen MR) is 48.2 cm³/mol. The lowest BCUT2D eigenvalue weighted by Gasteiger charge is -1.97. The Morgan fingerprint density at radius 3 is 3.08 bits per heavy atom. The molecule has 0 saturated heterocycles. The molecule has 0 aliphatic carbocycles. The van der Waals surface area contributed by atoms with Gasteiger partial charge in [-0.05, 0) is 23.9 Å². The first kappa shape index (κ1) is 8.82. The Morgan fingerprint density at radius 2 is 2.58 bits per heavy atom. The average Bonchev–Trinajstić information content (AvgIpc) is 2.47. The number of terminal acetylenes is 1. The third kappa shape index (κ3) is 1.86. The minimum Gasteiger partial charge on any atom is -0.448 e. The third-order valence-electron chi connectivity index (χ3n) is 1.33. The molecule has 0 aliphatic heterocycles. The second kappa shape index (κ2) is 3.93. The SMILES string of the molecule is C#CCOC(=O)c1sccc1C. The van der Waals surface area contributed by atoms with Crippen LogP contribution >= 0.6 is 11.3 Å². The van der Waals surface area contributed by atoms with Crippen LogP contribution in [0.15, 0.2) is 11.4 Å². The van der Waals surface area contributed by atoms with E-state index in [-0.39, 0.29) is 12.6 Å². The standard InChI is InChI=1S/C9H8O2S/c1-3-5-11-9(10)8-7(2)4-6-12-8/h1,4,6H,5H2,2H3. The molecule has 0 radical (unpaired) electrons. The molecule has 0 bridgehead atoms. The van der Waals surface area contributed by atoms with E-state index in [2.05, 4.69) is 5.92 Å². The van der Waals surface area contributed by atoms with Crippen molar-refractivity contribution >= 4 is 17.3 Å². The van der Waals surface area contributed by atoms with Gasteiger partial charge in [-0.15, -0.1) is 17.8 Å². The summed E-state index contributed by atoms with van der Waals surface area (Å²) in [5, 5.41) is 1.85. The van der Waals surface area contributed by atoms with Gasteiger partial charge in [-0.2, -0.15) is 0 Å². The summed E-state index contributed by atoms with van der Waals surface area (Å²) in [6.07, 6.45) is 4.94. The Labute approximate surface area is 75.2 Å². The smallest absolute Gasteiger partial charge is 0.349 e. The largest absolute Gasteiger partial charge is 0.448 e. The molecular weight excluding hydrogens is 172 g/mol. The second-order valence-electron chi connectivity index (χ2n) is 2.21. The molecule has 0 amide bonds. The van der Waals surface area contributed by atoms with Crippen molar-refractivity contribution in [2.45, 2.75) is 6.92 Å². The number of hydrogen-bond acceptors (Lipinski definition) is 3. The maximum absolute atomic E-state index is 11.2. The lowest BCUT2D eigenvalue weighted by atomic mass is 10.3. The van der Waals surface area contributed by atoms with Gasteiger partial charge in [0.05, 0.1) is 0 Å². The van der Waals surface area contributed by atoms with Crippen LogP contribution < -0.4 is 0 Å². The zero-order valence-corrected chi connectivity index (χ0v) is 7.48. The third-order valence-corrected chi connectivity index (χ3v) is 2.33. The summed E-state index contributed by atoms with van der Waals surface area (Å²) >= 11 is 1.36. The fourth-order valence-electron chi connectivity index (χ4n) is 0.755. The molecule has 0 saturated carbocycles. The zero-order chi connectivity index (χ0) is 8.97. The van der Waals surface area contributed by atoms with Gasteiger partial charge in [-0.25, -0.2) is 4.79 Å². The summed E-state index contributed by atoms with van der Waals surface area (Å²) in [5.41, 5.74) is 0.932. The summed E-state index contributed by atoms with van der Waals surface area (Å²) in [6.45, 7) is 1.90. The van der Waals surface area contributed by atoms with E-state index >= 15 is 0 Å². The van der Waals surface area contributed by atoms with Crippen LogP contribution in [-0.2, 0) is 4.74 Å². The van der Waals surface area contributed by atoms with Crippen molar-refractivity contribution in [2.75, 3.05) is 6.61 Å². The zero-order valence-electron chi connectivity index (χ0n) is 6.66. The monoisotopic (exact) mass is 180 g/mol. The van der Waals surface area contributed by atoms with Crippen LogP contribution in [0.2, 0.25) is 0 Å². The maximum atomic E-state index is 11.2. The highest BCUT2D eigenvalue weighted by Gasteiger charge is 2.10. The summed E-state index contributed by atoms with van der Waals surface area (Å²) in [4.78, 5) is 11.8. The number of hydrogen-bond donors (Lipinski definition) is 0. The number of rotatable bonds is 2. The quantitative estimate of drug-likeness (QED) is 0.513. The number of carbonyl (C=O) groups excluding carboxylic acids is 1. The van der Waals surface area contributed by atoms with Crippen LogP contribution in [-0.4, -0.2) is 12.6 Å². The molecule has 1 aromatic heterocycles. The fraction of sp³-hybridized carbons (Fsp3) is 0.222. The van der Waals surface area contributed by atoms with Gasteiger partial charge in [-0.1, -0.05) is 5.92 Å². The van der Waals surface area contributed by atoms with Crippen molar-refractivity contribution in [3.63, 3.8) is 0 Å². The van der Waals surface area contributed by atoms with E-state index in [9.17, 15) is 4.79 Å². The van der Waals surface area contributed by atoms with Gasteiger partial charge in [-0.3, -0.25) is 0 Å². The molecule has 3 heteroatoms. The van der Waals surface area contributed by atoms with Gasteiger partial charge in [0.2, 0.25) is 0 Å². The van der Waals surface area contributed by atoms with E-state index in [1.807, 2.05) is 18.4 Å². The normalized spacial score (nSPS) is 9.00. The van der Waals surface area contributed by atoms with Crippen LogP contribution in [0.5, 0.6) is 0 Å². The minimum absolute atomic E-state index is 0.0379. The molecule has 1 rings (SSSR count). The van der Waals surface area contributed by atoms with E-state index in [0.717, 1.165) is 5.56 Å². The molecule has 0 spiro atoms. The number of esters is 1. The van der Waals surface area contributed by atoms with Crippen molar-refractivity contribution in [1.29, 1.82) is 0 Å². The summed E-state index contributed by atoms with van der Waals surface area (Å²) in [5.74, 6) is 1.91. The maximum Gasteiger partial charge on any atom is 0.349 e. The lowest BCUT2D eigenvalue weighted by molar-refractivity contribution is 0.0561. The minimum atomic E-state index is -0.333. The number of aryl methyl sites for hydroxylation is 1. The van der Waals surface area contributed by atoms with E-state index in [1.165, 1.54) is 11.3 Å². The summed E-state index contributed by atoms with van der Waals surface area (Å²) in [7, 11) is 0. The van der Waals surface area contributed by atoms with Crippen molar-refractivity contribution in [3.8, 4) is 12.3 Å². The highest BCUT2D eigenvalue weighted by atomic mass is 32.1. The Balaban J connectivity index is 2.67. The van der Waals surface area contributed by atoms with Gasteiger partial charge < -0.3 is 4.74 Å². The van der Waals surface area contributed by atoms with Crippen LogP contribution in [0.25, 0.3) is 0 Å².